The third-order valence-electron chi connectivity index (χ3n) is 5.07. The second kappa shape index (κ2) is 11.0. The molecule has 1 aromatic rings. The Bertz CT molecular complexity index is 559. The first-order chi connectivity index (χ1) is 12.2. The number of aliphatic hydroxyl groups is 1. The van der Waals surface area contributed by atoms with Crippen molar-refractivity contribution in [1.82, 2.24) is 0 Å². The average Bonchev–Trinajstić information content (AvgIpc) is 2.89. The summed E-state index contributed by atoms with van der Waals surface area (Å²) in [6.07, 6.45) is 16.0. The van der Waals surface area contributed by atoms with Crippen LogP contribution in [0, 0.1) is 11.8 Å². The fraction of sp³-hybridized carbons (Fsp3) is 0.522. The number of hydrogen-bond donors (Lipinski definition) is 1. The number of benzene rings is 1. The lowest BCUT2D eigenvalue weighted by atomic mass is 9.90. The van der Waals surface area contributed by atoms with Gasteiger partial charge in [-0.2, -0.15) is 0 Å². The molecule has 1 aliphatic rings. The second-order valence-corrected chi connectivity index (χ2v) is 7.10. The maximum absolute atomic E-state index is 12.2. The number of rotatable bonds is 10. The Kier molecular flexibility index (Phi) is 8.68. The number of hydrogen-bond acceptors (Lipinski definition) is 2. The molecule has 1 fully saturated rings. The van der Waals surface area contributed by atoms with Crippen LogP contribution in [0.1, 0.15) is 57.4 Å². The molecule has 2 rings (SSSR count). The van der Waals surface area contributed by atoms with E-state index < -0.39 is 6.10 Å². The van der Waals surface area contributed by atoms with Gasteiger partial charge in [-0.3, -0.25) is 4.79 Å². The molecule has 0 unspecified atom stereocenters. The van der Waals surface area contributed by atoms with E-state index in [-0.39, 0.29) is 17.6 Å². The lowest BCUT2D eigenvalue weighted by Crippen LogP contribution is -2.17. The van der Waals surface area contributed by atoms with Crippen LogP contribution in [0.4, 0.5) is 0 Å². The molecule has 0 aliphatic heterocycles. The first-order valence-electron chi connectivity index (χ1n) is 9.78. The van der Waals surface area contributed by atoms with E-state index in [1.165, 1.54) is 31.2 Å². The standard InChI is InChI=1S/C23H32O2/c1-2-3-4-5-6-10-16-20-21(23(25)18-22(20)24)17-12-11-15-19-13-8-7-9-14-19/h7-14,16,20-22,24H,2-6,15,17-18H2,1H3/b12-11-,16-10+/t20-,21-,22-/m1/s1. The van der Waals surface area contributed by atoms with E-state index in [1.54, 1.807) is 0 Å². The van der Waals surface area contributed by atoms with Gasteiger partial charge in [0.1, 0.15) is 5.78 Å². The van der Waals surface area contributed by atoms with Crippen molar-refractivity contribution >= 4 is 5.78 Å². The summed E-state index contributed by atoms with van der Waals surface area (Å²) in [5.41, 5.74) is 1.28. The topological polar surface area (TPSA) is 37.3 Å². The highest BCUT2D eigenvalue weighted by Crippen LogP contribution is 2.33. The summed E-state index contributed by atoms with van der Waals surface area (Å²) in [6.45, 7) is 2.21. The van der Waals surface area contributed by atoms with Crippen molar-refractivity contribution in [2.24, 2.45) is 11.8 Å². The van der Waals surface area contributed by atoms with Gasteiger partial charge in [0.15, 0.2) is 0 Å². The van der Waals surface area contributed by atoms with E-state index >= 15 is 0 Å². The number of carbonyl (C=O) groups is 1. The number of aliphatic hydroxyl groups excluding tert-OH is 1. The maximum atomic E-state index is 12.2. The quantitative estimate of drug-likeness (QED) is 0.465. The van der Waals surface area contributed by atoms with Crippen LogP contribution in [0.2, 0.25) is 0 Å². The Morgan fingerprint density at radius 3 is 2.64 bits per heavy atom. The minimum absolute atomic E-state index is 0.0138. The molecule has 2 nitrogen and oxygen atoms in total. The Labute approximate surface area is 152 Å². The van der Waals surface area contributed by atoms with E-state index in [0.717, 1.165) is 19.3 Å². The monoisotopic (exact) mass is 340 g/mol. The largest absolute Gasteiger partial charge is 0.392 e. The molecule has 0 radical (unpaired) electrons. The van der Waals surface area contributed by atoms with E-state index in [2.05, 4.69) is 43.4 Å². The molecule has 0 saturated heterocycles. The highest BCUT2D eigenvalue weighted by atomic mass is 16.3. The van der Waals surface area contributed by atoms with Crippen LogP contribution in [-0.2, 0) is 11.2 Å². The lowest BCUT2D eigenvalue weighted by molar-refractivity contribution is -0.121. The van der Waals surface area contributed by atoms with Gasteiger partial charge in [-0.1, -0.05) is 80.8 Å². The molecule has 3 atom stereocenters. The predicted octanol–water partition coefficient (Wildman–Crippen LogP) is 5.27. The molecule has 25 heavy (non-hydrogen) atoms. The predicted molar refractivity (Wildman–Crippen MR) is 104 cm³/mol. The molecule has 1 saturated carbocycles. The summed E-state index contributed by atoms with van der Waals surface area (Å²) in [7, 11) is 0. The molecule has 0 aromatic heterocycles. The van der Waals surface area contributed by atoms with E-state index in [1.807, 2.05) is 18.2 Å². The van der Waals surface area contributed by atoms with Crippen LogP contribution in [0.3, 0.4) is 0 Å². The molecular weight excluding hydrogens is 308 g/mol. The molecule has 0 bridgehead atoms. The molecule has 1 N–H and O–H groups in total. The Morgan fingerprint density at radius 1 is 1.08 bits per heavy atom. The first kappa shape index (κ1) is 19.7. The summed E-state index contributed by atoms with van der Waals surface area (Å²) in [5.74, 6) is 0.131. The fourth-order valence-electron chi connectivity index (χ4n) is 3.55. The Morgan fingerprint density at radius 2 is 1.88 bits per heavy atom. The third-order valence-corrected chi connectivity index (χ3v) is 5.07. The van der Waals surface area contributed by atoms with Crippen LogP contribution in [0.15, 0.2) is 54.6 Å². The van der Waals surface area contributed by atoms with Gasteiger partial charge in [-0.05, 0) is 31.2 Å². The van der Waals surface area contributed by atoms with Crippen LogP contribution in [-0.4, -0.2) is 17.0 Å². The van der Waals surface area contributed by atoms with E-state index in [9.17, 15) is 9.90 Å². The highest BCUT2D eigenvalue weighted by molar-refractivity contribution is 5.84. The fourth-order valence-corrected chi connectivity index (χ4v) is 3.55. The average molecular weight is 341 g/mol. The van der Waals surface area contributed by atoms with Crippen LogP contribution in [0.25, 0.3) is 0 Å². The minimum atomic E-state index is -0.507. The summed E-state index contributed by atoms with van der Waals surface area (Å²) in [4.78, 5) is 12.2. The number of allylic oxidation sites excluding steroid dienone is 3. The van der Waals surface area contributed by atoms with Gasteiger partial charge in [0, 0.05) is 18.3 Å². The van der Waals surface area contributed by atoms with Crippen molar-refractivity contribution in [2.45, 2.75) is 64.4 Å². The van der Waals surface area contributed by atoms with Gasteiger partial charge in [0.2, 0.25) is 0 Å². The van der Waals surface area contributed by atoms with E-state index in [0.29, 0.717) is 6.42 Å². The smallest absolute Gasteiger partial charge is 0.139 e. The minimum Gasteiger partial charge on any atom is -0.392 e. The summed E-state index contributed by atoms with van der Waals surface area (Å²) < 4.78 is 0. The SMILES string of the molecule is CCCCCC/C=C/[C@H]1[C@H](O)CC(=O)[C@@H]1C/C=C\Cc1ccccc1. The molecule has 0 amide bonds. The lowest BCUT2D eigenvalue weighted by Gasteiger charge is -2.15. The third kappa shape index (κ3) is 6.62. The first-order valence-corrected chi connectivity index (χ1v) is 9.78. The zero-order valence-corrected chi connectivity index (χ0v) is 15.4. The molecule has 2 heteroatoms. The number of Topliss-reactive ketones (excluding diaryl/α,β-unsaturated/α-hetero) is 1. The zero-order valence-electron chi connectivity index (χ0n) is 15.4. The van der Waals surface area contributed by atoms with Gasteiger partial charge in [-0.15, -0.1) is 0 Å². The van der Waals surface area contributed by atoms with Crippen LogP contribution in [0.5, 0.6) is 0 Å². The second-order valence-electron chi connectivity index (χ2n) is 7.10. The molecule has 1 aromatic carbocycles. The molecule has 0 spiro atoms. The van der Waals surface area contributed by atoms with E-state index in [4.69, 9.17) is 0 Å². The maximum Gasteiger partial charge on any atom is 0.139 e. The normalized spacial score (nSPS) is 23.9. The molecular formula is C23H32O2. The summed E-state index contributed by atoms with van der Waals surface area (Å²) in [6, 6.07) is 10.3. The molecule has 136 valence electrons. The van der Waals surface area contributed by atoms with Crippen LogP contribution < -0.4 is 0 Å². The van der Waals surface area contributed by atoms with Crippen molar-refractivity contribution < 1.29 is 9.90 Å². The summed E-state index contributed by atoms with van der Waals surface area (Å²) >= 11 is 0. The Hall–Kier alpha value is -1.67. The zero-order chi connectivity index (χ0) is 17.9. The van der Waals surface area contributed by atoms with Gasteiger partial charge >= 0.3 is 0 Å². The number of ketones is 1. The van der Waals surface area contributed by atoms with Gasteiger partial charge in [-0.25, -0.2) is 0 Å². The number of carbonyl (C=O) groups excluding carboxylic acids is 1. The van der Waals surface area contributed by atoms with Crippen LogP contribution >= 0.6 is 0 Å². The van der Waals surface area contributed by atoms with Crippen molar-refractivity contribution in [3.8, 4) is 0 Å². The summed E-state index contributed by atoms with van der Waals surface area (Å²) in [5, 5.41) is 10.2. The van der Waals surface area contributed by atoms with Gasteiger partial charge in [0.25, 0.3) is 0 Å². The van der Waals surface area contributed by atoms with Crippen molar-refractivity contribution in [3.63, 3.8) is 0 Å². The van der Waals surface area contributed by atoms with Gasteiger partial charge in [0.05, 0.1) is 6.10 Å². The van der Waals surface area contributed by atoms with Crippen molar-refractivity contribution in [1.29, 1.82) is 0 Å². The Balaban J connectivity index is 1.81. The highest BCUT2D eigenvalue weighted by Gasteiger charge is 2.38. The van der Waals surface area contributed by atoms with Gasteiger partial charge < -0.3 is 5.11 Å². The molecule has 1 aliphatic carbocycles. The number of unbranched alkanes of at least 4 members (excludes halogenated alkanes) is 4. The molecule has 0 heterocycles. The van der Waals surface area contributed by atoms with Crippen molar-refractivity contribution in [3.05, 3.63) is 60.2 Å². The van der Waals surface area contributed by atoms with Crippen molar-refractivity contribution in [2.75, 3.05) is 0 Å².